The zero-order valence-electron chi connectivity index (χ0n) is 18.2. The lowest BCUT2D eigenvalue weighted by molar-refractivity contribution is 0.415. The van der Waals surface area contributed by atoms with Gasteiger partial charge in [0.25, 0.3) is 0 Å². The standard InChI is InChI=1S/C28H22N4O/c1-33-26-14-12-23(13-15-26)32(24-9-4-7-21(19-24)27-11-2-3-16-29-27)25-10-5-8-22(20-25)28-30-17-6-18-31-28/h2-20H,1H3. The number of pyridine rings is 1. The van der Waals surface area contributed by atoms with E-state index < -0.39 is 0 Å². The Morgan fingerprint density at radius 1 is 0.576 bits per heavy atom. The zero-order valence-corrected chi connectivity index (χ0v) is 18.2. The van der Waals surface area contributed by atoms with E-state index in [2.05, 4.69) is 68.4 Å². The molecule has 5 heteroatoms. The number of hydrogen-bond donors (Lipinski definition) is 0. The van der Waals surface area contributed by atoms with Crippen molar-refractivity contribution in [2.24, 2.45) is 0 Å². The Labute approximate surface area is 193 Å². The zero-order chi connectivity index (χ0) is 22.5. The number of ether oxygens (including phenoxy) is 1. The molecule has 0 atom stereocenters. The van der Waals surface area contributed by atoms with Crippen LogP contribution in [-0.2, 0) is 0 Å². The van der Waals surface area contributed by atoms with Crippen molar-refractivity contribution >= 4 is 17.1 Å². The molecule has 5 rings (SSSR count). The van der Waals surface area contributed by atoms with Crippen molar-refractivity contribution in [3.05, 3.63) is 116 Å². The molecule has 0 bridgehead atoms. The van der Waals surface area contributed by atoms with Crippen LogP contribution in [0, 0.1) is 0 Å². The molecule has 0 aliphatic carbocycles. The molecule has 0 radical (unpaired) electrons. The Morgan fingerprint density at radius 2 is 1.24 bits per heavy atom. The summed E-state index contributed by atoms with van der Waals surface area (Å²) in [5, 5.41) is 0. The molecule has 0 fully saturated rings. The van der Waals surface area contributed by atoms with Crippen LogP contribution in [0.1, 0.15) is 0 Å². The molecule has 0 spiro atoms. The molecular formula is C28H22N4O. The summed E-state index contributed by atoms with van der Waals surface area (Å²) in [6.07, 6.45) is 5.33. The smallest absolute Gasteiger partial charge is 0.159 e. The third kappa shape index (κ3) is 4.43. The van der Waals surface area contributed by atoms with Gasteiger partial charge in [0.05, 0.1) is 12.8 Å². The lowest BCUT2D eigenvalue weighted by Gasteiger charge is -2.26. The van der Waals surface area contributed by atoms with Gasteiger partial charge in [-0.15, -0.1) is 0 Å². The molecule has 2 aromatic heterocycles. The van der Waals surface area contributed by atoms with Crippen LogP contribution < -0.4 is 9.64 Å². The Kier molecular flexibility index (Phi) is 5.76. The second-order valence-corrected chi connectivity index (χ2v) is 7.42. The molecule has 0 unspecified atom stereocenters. The highest BCUT2D eigenvalue weighted by Crippen LogP contribution is 2.38. The number of hydrogen-bond acceptors (Lipinski definition) is 5. The number of benzene rings is 3. The predicted molar refractivity (Wildman–Crippen MR) is 132 cm³/mol. The van der Waals surface area contributed by atoms with E-state index in [4.69, 9.17) is 4.74 Å². The predicted octanol–water partition coefficient (Wildman–Crippen LogP) is 6.68. The number of aromatic nitrogens is 3. The van der Waals surface area contributed by atoms with Gasteiger partial charge in [0.15, 0.2) is 5.82 Å². The highest BCUT2D eigenvalue weighted by Gasteiger charge is 2.15. The van der Waals surface area contributed by atoms with Gasteiger partial charge in [-0.05, 0) is 66.7 Å². The lowest BCUT2D eigenvalue weighted by Crippen LogP contribution is -2.10. The number of rotatable bonds is 6. The summed E-state index contributed by atoms with van der Waals surface area (Å²) >= 11 is 0. The van der Waals surface area contributed by atoms with Crippen LogP contribution in [0.2, 0.25) is 0 Å². The van der Waals surface area contributed by atoms with E-state index in [9.17, 15) is 0 Å². The normalized spacial score (nSPS) is 10.6. The minimum Gasteiger partial charge on any atom is -0.497 e. The maximum absolute atomic E-state index is 5.37. The molecule has 160 valence electrons. The van der Waals surface area contributed by atoms with E-state index in [1.54, 1.807) is 19.5 Å². The number of nitrogens with zero attached hydrogens (tertiary/aromatic N) is 4. The van der Waals surface area contributed by atoms with Gasteiger partial charge in [0.2, 0.25) is 0 Å². The van der Waals surface area contributed by atoms with Gasteiger partial charge in [-0.2, -0.15) is 0 Å². The minimum atomic E-state index is 0.691. The molecule has 2 heterocycles. The fraction of sp³-hybridized carbons (Fsp3) is 0.0357. The molecule has 0 saturated carbocycles. The van der Waals surface area contributed by atoms with Crippen molar-refractivity contribution in [3.8, 4) is 28.4 Å². The van der Waals surface area contributed by atoms with Crippen molar-refractivity contribution < 1.29 is 4.74 Å². The molecule has 33 heavy (non-hydrogen) atoms. The fourth-order valence-electron chi connectivity index (χ4n) is 3.75. The number of anilines is 3. The van der Waals surface area contributed by atoms with Gasteiger partial charge in [0, 0.05) is 46.8 Å². The topological polar surface area (TPSA) is 51.1 Å². The summed E-state index contributed by atoms with van der Waals surface area (Å²) in [5.41, 5.74) is 5.97. The van der Waals surface area contributed by atoms with Crippen molar-refractivity contribution in [1.82, 2.24) is 15.0 Å². The maximum Gasteiger partial charge on any atom is 0.159 e. The Morgan fingerprint density at radius 3 is 1.91 bits per heavy atom. The van der Waals surface area contributed by atoms with Gasteiger partial charge < -0.3 is 9.64 Å². The van der Waals surface area contributed by atoms with E-state index in [1.807, 2.05) is 54.7 Å². The molecule has 3 aromatic carbocycles. The first-order chi connectivity index (χ1) is 16.3. The van der Waals surface area contributed by atoms with Crippen LogP contribution in [0.15, 0.2) is 116 Å². The first-order valence-corrected chi connectivity index (χ1v) is 10.6. The van der Waals surface area contributed by atoms with Crippen LogP contribution >= 0.6 is 0 Å². The van der Waals surface area contributed by atoms with Crippen LogP contribution in [0.25, 0.3) is 22.6 Å². The maximum atomic E-state index is 5.37. The van der Waals surface area contributed by atoms with Crippen molar-refractivity contribution in [3.63, 3.8) is 0 Å². The summed E-state index contributed by atoms with van der Waals surface area (Å²) in [6, 6.07) is 32.4. The van der Waals surface area contributed by atoms with E-state index in [0.29, 0.717) is 5.82 Å². The fourth-order valence-corrected chi connectivity index (χ4v) is 3.75. The summed E-state index contributed by atoms with van der Waals surface area (Å²) < 4.78 is 5.37. The van der Waals surface area contributed by atoms with Crippen LogP contribution in [-0.4, -0.2) is 22.1 Å². The highest BCUT2D eigenvalue weighted by molar-refractivity contribution is 5.81. The van der Waals surface area contributed by atoms with Gasteiger partial charge >= 0.3 is 0 Å². The molecule has 0 aliphatic heterocycles. The van der Waals surface area contributed by atoms with Crippen molar-refractivity contribution in [1.29, 1.82) is 0 Å². The van der Waals surface area contributed by atoms with E-state index >= 15 is 0 Å². The first-order valence-electron chi connectivity index (χ1n) is 10.6. The second-order valence-electron chi connectivity index (χ2n) is 7.42. The highest BCUT2D eigenvalue weighted by atomic mass is 16.5. The van der Waals surface area contributed by atoms with Crippen LogP contribution in [0.5, 0.6) is 5.75 Å². The monoisotopic (exact) mass is 430 g/mol. The summed E-state index contributed by atoms with van der Waals surface area (Å²) in [5.74, 6) is 1.50. The lowest BCUT2D eigenvalue weighted by atomic mass is 10.1. The average Bonchev–Trinajstić information content (AvgIpc) is 2.91. The molecule has 5 nitrogen and oxygen atoms in total. The van der Waals surface area contributed by atoms with E-state index in [0.717, 1.165) is 39.6 Å². The molecule has 0 N–H and O–H groups in total. The largest absolute Gasteiger partial charge is 0.497 e. The quantitative estimate of drug-likeness (QED) is 0.301. The van der Waals surface area contributed by atoms with Crippen molar-refractivity contribution in [2.75, 3.05) is 12.0 Å². The minimum absolute atomic E-state index is 0.691. The third-order valence-corrected chi connectivity index (χ3v) is 5.32. The molecule has 0 amide bonds. The van der Waals surface area contributed by atoms with Gasteiger partial charge in [-0.1, -0.05) is 30.3 Å². The molecular weight excluding hydrogens is 408 g/mol. The summed E-state index contributed by atoms with van der Waals surface area (Å²) in [7, 11) is 1.67. The van der Waals surface area contributed by atoms with E-state index in [1.165, 1.54) is 0 Å². The molecule has 5 aromatic rings. The van der Waals surface area contributed by atoms with Crippen molar-refractivity contribution in [2.45, 2.75) is 0 Å². The first kappa shape index (κ1) is 20.4. The summed E-state index contributed by atoms with van der Waals surface area (Å²) in [4.78, 5) is 15.6. The van der Waals surface area contributed by atoms with Gasteiger partial charge in [-0.3, -0.25) is 4.98 Å². The Balaban J connectivity index is 1.64. The van der Waals surface area contributed by atoms with Gasteiger partial charge in [0.1, 0.15) is 5.75 Å². The third-order valence-electron chi connectivity index (χ3n) is 5.32. The molecule has 0 aliphatic rings. The van der Waals surface area contributed by atoms with E-state index in [-0.39, 0.29) is 0 Å². The Bertz CT molecular complexity index is 1260. The number of methoxy groups -OCH3 is 1. The van der Waals surface area contributed by atoms with Crippen LogP contribution in [0.3, 0.4) is 0 Å². The molecule has 0 saturated heterocycles. The average molecular weight is 431 g/mol. The van der Waals surface area contributed by atoms with Gasteiger partial charge in [-0.25, -0.2) is 9.97 Å². The second kappa shape index (κ2) is 9.32. The Hall–Kier alpha value is -4.51. The van der Waals surface area contributed by atoms with Crippen LogP contribution in [0.4, 0.5) is 17.1 Å². The SMILES string of the molecule is COc1ccc(N(c2cccc(-c3ccccn3)c2)c2cccc(-c3ncccn3)c2)cc1. The summed E-state index contributed by atoms with van der Waals surface area (Å²) in [6.45, 7) is 0.